The minimum Gasteiger partial charge on any atom is -0.344 e. The van der Waals surface area contributed by atoms with Crippen molar-refractivity contribution in [3.05, 3.63) is 75.0 Å². The predicted octanol–water partition coefficient (Wildman–Crippen LogP) is 2.32. The van der Waals surface area contributed by atoms with Crippen LogP contribution in [0.25, 0.3) is 0 Å². The van der Waals surface area contributed by atoms with E-state index in [-0.39, 0.29) is 30.6 Å². The van der Waals surface area contributed by atoms with Gasteiger partial charge in [0.05, 0.1) is 12.6 Å². The third kappa shape index (κ3) is 7.40. The highest BCUT2D eigenvalue weighted by atomic mass is 16.2. The number of benzene rings is 1. The van der Waals surface area contributed by atoms with Crippen LogP contribution in [-0.2, 0) is 33.8 Å². The lowest BCUT2D eigenvalue weighted by Crippen LogP contribution is -2.53. The molecular formula is C32H42N8O4. The van der Waals surface area contributed by atoms with Gasteiger partial charge in [0.15, 0.2) is 0 Å². The molecule has 0 unspecified atom stereocenters. The summed E-state index contributed by atoms with van der Waals surface area (Å²) in [6, 6.07) is 8.92. The van der Waals surface area contributed by atoms with Crippen molar-refractivity contribution in [1.29, 1.82) is 0 Å². The van der Waals surface area contributed by atoms with Crippen molar-refractivity contribution in [3.63, 3.8) is 0 Å². The molecule has 3 aromatic rings. The van der Waals surface area contributed by atoms with Crippen LogP contribution in [0.4, 0.5) is 0 Å². The van der Waals surface area contributed by atoms with E-state index < -0.39 is 17.8 Å². The summed E-state index contributed by atoms with van der Waals surface area (Å²) < 4.78 is 1.80. The van der Waals surface area contributed by atoms with E-state index in [1.54, 1.807) is 21.4 Å². The number of rotatable bonds is 5. The summed E-state index contributed by atoms with van der Waals surface area (Å²) in [6.07, 6.45) is 4.32. The van der Waals surface area contributed by atoms with Gasteiger partial charge in [-0.2, -0.15) is 10.1 Å². The van der Waals surface area contributed by atoms with Gasteiger partial charge in [0, 0.05) is 43.9 Å². The molecule has 12 nitrogen and oxygen atoms in total. The van der Waals surface area contributed by atoms with Gasteiger partial charge in [-0.15, -0.1) is 0 Å². The summed E-state index contributed by atoms with van der Waals surface area (Å²) in [7, 11) is 0. The summed E-state index contributed by atoms with van der Waals surface area (Å²) in [6.45, 7) is 7.15. The molecule has 5 rings (SSSR count). The molecule has 2 atom stereocenters. The number of amides is 3. The molecule has 1 aromatic carbocycles. The van der Waals surface area contributed by atoms with E-state index in [9.17, 15) is 19.2 Å². The molecular weight excluding hydrogens is 560 g/mol. The third-order valence-corrected chi connectivity index (χ3v) is 8.64. The van der Waals surface area contributed by atoms with Crippen LogP contribution in [0.3, 0.4) is 0 Å². The van der Waals surface area contributed by atoms with E-state index in [1.165, 1.54) is 0 Å². The summed E-state index contributed by atoms with van der Waals surface area (Å²) in [5, 5.41) is 7.89. The van der Waals surface area contributed by atoms with Gasteiger partial charge in [-0.25, -0.2) is 14.5 Å². The summed E-state index contributed by atoms with van der Waals surface area (Å²) >= 11 is 0. The van der Waals surface area contributed by atoms with E-state index in [0.717, 1.165) is 24.0 Å². The maximum absolute atomic E-state index is 13.7. The van der Waals surface area contributed by atoms with Crippen LogP contribution in [0.2, 0.25) is 0 Å². The summed E-state index contributed by atoms with van der Waals surface area (Å²) in [5.74, 6) is 0.947. The normalized spacial score (nSPS) is 20.0. The Labute approximate surface area is 257 Å². The lowest BCUT2D eigenvalue weighted by molar-refractivity contribution is -0.143. The SMILES string of the molecule is Cc1nc2n(n1)CCN(C(=O)CCc1c(C)nc(=O)[nH]c1C)CCCC(=O)N1CCCC[C@H]1C(=O)N[C@@H]2Cc1ccccc1. The fourth-order valence-corrected chi connectivity index (χ4v) is 6.38. The van der Waals surface area contributed by atoms with E-state index >= 15 is 0 Å². The topological polar surface area (TPSA) is 146 Å². The standard InChI is InChI=1S/C32H42N8O4/c1-21-25(22(2)34-32(44)33-21)14-15-28(41)38-16-9-13-29(42)39-17-8-7-12-27(39)31(43)36-26(20-24-10-5-4-6-11-24)30-35-23(3)37-40(30)19-18-38/h4-6,10-11,26-27H,7-9,12-20H2,1-3H3,(H,36,43)(H,33,34,44)/t26-,27+/m1/s1. The second-order valence-electron chi connectivity index (χ2n) is 11.8. The molecule has 2 aromatic heterocycles. The van der Waals surface area contributed by atoms with E-state index in [4.69, 9.17) is 4.98 Å². The Morgan fingerprint density at radius 3 is 2.52 bits per heavy atom. The number of nitrogens with zero attached hydrogens (tertiary/aromatic N) is 6. The smallest absolute Gasteiger partial charge is 0.344 e. The molecule has 0 radical (unpaired) electrons. The molecule has 44 heavy (non-hydrogen) atoms. The molecule has 4 heterocycles. The van der Waals surface area contributed by atoms with Crippen LogP contribution in [-0.4, -0.2) is 77.9 Å². The van der Waals surface area contributed by atoms with Gasteiger partial charge in [-0.3, -0.25) is 14.4 Å². The van der Waals surface area contributed by atoms with Crippen LogP contribution in [0.5, 0.6) is 0 Å². The second-order valence-corrected chi connectivity index (χ2v) is 11.8. The zero-order chi connectivity index (χ0) is 31.2. The Morgan fingerprint density at radius 1 is 0.955 bits per heavy atom. The predicted molar refractivity (Wildman–Crippen MR) is 164 cm³/mol. The van der Waals surface area contributed by atoms with Crippen molar-refractivity contribution in [2.75, 3.05) is 19.6 Å². The Morgan fingerprint density at radius 2 is 1.75 bits per heavy atom. The van der Waals surface area contributed by atoms with Gasteiger partial charge < -0.3 is 20.1 Å². The zero-order valence-corrected chi connectivity index (χ0v) is 25.8. The highest BCUT2D eigenvalue weighted by Gasteiger charge is 2.34. The summed E-state index contributed by atoms with van der Waals surface area (Å²) in [5.41, 5.74) is 2.84. The van der Waals surface area contributed by atoms with Crippen LogP contribution in [0.1, 0.15) is 78.7 Å². The lowest BCUT2D eigenvalue weighted by Gasteiger charge is -2.36. The average Bonchev–Trinajstić information content (AvgIpc) is 3.37. The Hall–Kier alpha value is -4.35. The molecule has 0 aliphatic carbocycles. The Bertz CT molecular complexity index is 1520. The monoisotopic (exact) mass is 602 g/mol. The number of nitrogens with one attached hydrogen (secondary N) is 2. The number of H-pyrrole nitrogens is 1. The Balaban J connectivity index is 1.42. The maximum Gasteiger partial charge on any atom is 0.345 e. The molecule has 12 heteroatoms. The van der Waals surface area contributed by atoms with Gasteiger partial charge in [0.2, 0.25) is 17.7 Å². The first kappa shape index (κ1) is 31.1. The number of aromatic nitrogens is 5. The van der Waals surface area contributed by atoms with Crippen LogP contribution >= 0.6 is 0 Å². The Kier molecular flexibility index (Phi) is 9.86. The molecule has 1 saturated heterocycles. The fraction of sp³-hybridized carbons (Fsp3) is 0.531. The average molecular weight is 603 g/mol. The maximum atomic E-state index is 13.7. The minimum absolute atomic E-state index is 0.0436. The van der Waals surface area contributed by atoms with Crippen molar-refractivity contribution in [2.24, 2.45) is 0 Å². The first-order valence-corrected chi connectivity index (χ1v) is 15.6. The van der Waals surface area contributed by atoms with Crippen LogP contribution < -0.4 is 11.0 Å². The highest BCUT2D eigenvalue weighted by Crippen LogP contribution is 2.23. The third-order valence-electron chi connectivity index (χ3n) is 8.64. The number of aryl methyl sites for hydroxylation is 3. The first-order chi connectivity index (χ1) is 21.2. The second kappa shape index (κ2) is 14.0. The van der Waals surface area contributed by atoms with Gasteiger partial charge >= 0.3 is 5.69 Å². The van der Waals surface area contributed by atoms with E-state index in [0.29, 0.717) is 74.9 Å². The van der Waals surface area contributed by atoms with Crippen LogP contribution in [0, 0.1) is 20.8 Å². The summed E-state index contributed by atoms with van der Waals surface area (Å²) in [4.78, 5) is 67.5. The fourth-order valence-electron chi connectivity index (χ4n) is 6.38. The van der Waals surface area contributed by atoms with Gasteiger partial charge in [0.1, 0.15) is 17.7 Å². The molecule has 2 aliphatic rings. The number of hydrogen-bond donors (Lipinski definition) is 2. The zero-order valence-electron chi connectivity index (χ0n) is 25.8. The quantitative estimate of drug-likeness (QED) is 0.456. The molecule has 1 fully saturated rings. The van der Waals surface area contributed by atoms with Crippen molar-refractivity contribution in [2.45, 2.75) is 90.8 Å². The molecule has 0 saturated carbocycles. The van der Waals surface area contributed by atoms with Gasteiger partial charge in [-0.1, -0.05) is 30.3 Å². The largest absolute Gasteiger partial charge is 0.345 e. The minimum atomic E-state index is -0.537. The number of carbonyl (C=O) groups excluding carboxylic acids is 3. The van der Waals surface area contributed by atoms with Crippen molar-refractivity contribution in [1.82, 2.24) is 39.8 Å². The van der Waals surface area contributed by atoms with Crippen LogP contribution in [0.15, 0.2) is 35.1 Å². The first-order valence-electron chi connectivity index (χ1n) is 15.6. The highest BCUT2D eigenvalue weighted by molar-refractivity contribution is 5.88. The number of piperidine rings is 1. The number of aromatic amines is 1. The lowest BCUT2D eigenvalue weighted by atomic mass is 9.99. The van der Waals surface area contributed by atoms with E-state index in [2.05, 4.69) is 20.4 Å². The van der Waals surface area contributed by atoms with E-state index in [1.807, 2.05) is 44.2 Å². The van der Waals surface area contributed by atoms with Gasteiger partial charge in [0.25, 0.3) is 0 Å². The molecule has 0 spiro atoms. The van der Waals surface area contributed by atoms with Crippen molar-refractivity contribution < 1.29 is 14.4 Å². The van der Waals surface area contributed by atoms with Gasteiger partial charge in [-0.05, 0) is 70.4 Å². The molecule has 2 aliphatic heterocycles. The molecule has 0 bridgehead atoms. The number of fused-ring (bicyclic) bond motifs is 2. The molecule has 234 valence electrons. The van der Waals surface area contributed by atoms with Crippen molar-refractivity contribution in [3.8, 4) is 0 Å². The molecule has 3 amide bonds. The molecule has 2 N–H and O–H groups in total. The number of hydrogen-bond acceptors (Lipinski definition) is 7. The van der Waals surface area contributed by atoms with Crippen molar-refractivity contribution >= 4 is 17.7 Å². The number of carbonyl (C=O) groups is 3.